The molecule has 0 bridgehead atoms. The van der Waals surface area contributed by atoms with E-state index in [-0.39, 0.29) is 5.12 Å². The summed E-state index contributed by atoms with van der Waals surface area (Å²) >= 11 is 8.74. The predicted octanol–water partition coefficient (Wildman–Crippen LogP) is 4.45. The van der Waals surface area contributed by atoms with Gasteiger partial charge in [0, 0.05) is 5.02 Å². The minimum Gasteiger partial charge on any atom is -0.279 e. The molecule has 1 aromatic rings. The molecule has 5 heteroatoms. The number of hydrogen-bond donors (Lipinski definition) is 0. The molecule has 1 aliphatic heterocycles. The van der Waals surface area contributed by atoms with Crippen LogP contribution in [-0.4, -0.2) is 15.2 Å². The van der Waals surface area contributed by atoms with Crippen molar-refractivity contribution in [3.63, 3.8) is 0 Å². The van der Waals surface area contributed by atoms with E-state index in [4.69, 9.17) is 11.6 Å². The summed E-state index contributed by atoms with van der Waals surface area (Å²) in [5, 5.41) is 0.667. The number of nitrogens with zero attached hydrogens (tertiary/aromatic N) is 1. The van der Waals surface area contributed by atoms with Gasteiger partial charge in [0.05, 0.1) is 0 Å². The summed E-state index contributed by atoms with van der Waals surface area (Å²) in [6.07, 6.45) is 2.85. The van der Waals surface area contributed by atoms with E-state index >= 15 is 0 Å². The van der Waals surface area contributed by atoms with Crippen LogP contribution in [0, 0.1) is 0 Å². The van der Waals surface area contributed by atoms with Gasteiger partial charge in [-0.3, -0.25) is 4.79 Å². The molecule has 0 saturated carbocycles. The number of halogens is 1. The number of carbonyl (C=O) groups excluding carboxylic acids is 1. The Bertz CT molecular complexity index is 525. The molecule has 0 saturated heterocycles. The predicted molar refractivity (Wildman–Crippen MR) is 82.2 cm³/mol. The second kappa shape index (κ2) is 6.45. The molecule has 1 heterocycles. The molecule has 0 fully saturated rings. The molecular formula is C13H12ClNOS2. The molecule has 18 heavy (non-hydrogen) atoms. The summed E-state index contributed by atoms with van der Waals surface area (Å²) in [6, 6.07) is 7.39. The monoisotopic (exact) mass is 297 g/mol. The minimum absolute atomic E-state index is 0.00794. The van der Waals surface area contributed by atoms with E-state index in [2.05, 4.69) is 11.9 Å². The van der Waals surface area contributed by atoms with E-state index < -0.39 is 0 Å². The third-order valence-corrected chi connectivity index (χ3v) is 4.63. The van der Waals surface area contributed by atoms with E-state index in [1.54, 1.807) is 23.9 Å². The summed E-state index contributed by atoms with van der Waals surface area (Å²) in [5.74, 6) is 0.990. The molecule has 0 unspecified atom stereocenters. The Labute approximate surface area is 120 Å². The van der Waals surface area contributed by atoms with Gasteiger partial charge in [-0.15, -0.1) is 0 Å². The fourth-order valence-corrected chi connectivity index (χ4v) is 3.36. The van der Waals surface area contributed by atoms with Crippen molar-refractivity contribution in [1.29, 1.82) is 0 Å². The molecule has 2 rings (SSSR count). The molecule has 1 aromatic carbocycles. The smallest absolute Gasteiger partial charge is 0.244 e. The normalized spacial score (nSPS) is 17.3. The molecule has 0 amide bonds. The van der Waals surface area contributed by atoms with Crippen molar-refractivity contribution in [3.05, 3.63) is 40.5 Å². The van der Waals surface area contributed by atoms with Gasteiger partial charge in [-0.2, -0.15) is 0 Å². The van der Waals surface area contributed by atoms with Gasteiger partial charge in [0.25, 0.3) is 0 Å². The molecule has 0 radical (unpaired) electrons. The van der Waals surface area contributed by atoms with Crippen molar-refractivity contribution in [2.24, 2.45) is 4.99 Å². The molecule has 0 spiro atoms. The van der Waals surface area contributed by atoms with Crippen LogP contribution in [0.3, 0.4) is 0 Å². The highest BCUT2D eigenvalue weighted by molar-refractivity contribution is 8.45. The Morgan fingerprint density at radius 3 is 3.06 bits per heavy atom. The average molecular weight is 298 g/mol. The zero-order valence-electron chi connectivity index (χ0n) is 9.85. The van der Waals surface area contributed by atoms with Gasteiger partial charge in [0.15, 0.2) is 0 Å². The zero-order valence-corrected chi connectivity index (χ0v) is 12.2. The maximum atomic E-state index is 11.8. The van der Waals surface area contributed by atoms with Crippen LogP contribution < -0.4 is 0 Å². The van der Waals surface area contributed by atoms with Crippen LogP contribution >= 0.6 is 35.1 Å². The SMILES string of the molecule is CCCSC1=N/C(=C\c2cccc(Cl)c2)C(=O)S1. The number of hydrogen-bond acceptors (Lipinski definition) is 4. The Morgan fingerprint density at radius 1 is 1.50 bits per heavy atom. The lowest BCUT2D eigenvalue weighted by Crippen LogP contribution is -1.88. The van der Waals surface area contributed by atoms with Crippen molar-refractivity contribution in [2.45, 2.75) is 13.3 Å². The second-order valence-electron chi connectivity index (χ2n) is 3.70. The molecule has 1 aliphatic rings. The fraction of sp³-hybridized carbons (Fsp3) is 0.231. The quantitative estimate of drug-likeness (QED) is 0.772. The van der Waals surface area contributed by atoms with Crippen molar-refractivity contribution in [3.8, 4) is 0 Å². The molecule has 0 aliphatic carbocycles. The number of thioether (sulfide) groups is 2. The maximum Gasteiger partial charge on any atom is 0.244 e. The lowest BCUT2D eigenvalue weighted by atomic mass is 10.2. The molecule has 0 aromatic heterocycles. The van der Waals surface area contributed by atoms with Gasteiger partial charge in [-0.1, -0.05) is 42.4 Å². The Kier molecular flexibility index (Phi) is 4.92. The first kappa shape index (κ1) is 13.7. The summed E-state index contributed by atoms with van der Waals surface area (Å²) in [6.45, 7) is 2.11. The lowest BCUT2D eigenvalue weighted by molar-refractivity contribution is -0.107. The first-order valence-electron chi connectivity index (χ1n) is 5.60. The largest absolute Gasteiger partial charge is 0.279 e. The van der Waals surface area contributed by atoms with Crippen LogP contribution in [0.4, 0.5) is 0 Å². The first-order chi connectivity index (χ1) is 8.69. The van der Waals surface area contributed by atoms with Gasteiger partial charge in [-0.05, 0) is 47.7 Å². The third kappa shape index (κ3) is 3.64. The van der Waals surface area contributed by atoms with E-state index in [1.165, 1.54) is 11.8 Å². The van der Waals surface area contributed by atoms with Crippen LogP contribution in [0.2, 0.25) is 5.02 Å². The minimum atomic E-state index is 0.00794. The van der Waals surface area contributed by atoms with Crippen LogP contribution in [0.5, 0.6) is 0 Å². The fourth-order valence-electron chi connectivity index (χ4n) is 1.39. The summed E-state index contributed by atoms with van der Waals surface area (Å²) in [5.41, 5.74) is 1.40. The van der Waals surface area contributed by atoms with Gasteiger partial charge >= 0.3 is 0 Å². The molecule has 0 atom stereocenters. The number of rotatable bonds is 3. The number of carbonyl (C=O) groups is 1. The van der Waals surface area contributed by atoms with E-state index in [9.17, 15) is 4.79 Å². The number of benzene rings is 1. The standard InChI is InChI=1S/C13H12ClNOS2/c1-2-6-17-13-15-11(12(16)18-13)8-9-4-3-5-10(14)7-9/h3-5,7-8H,2,6H2,1H3/b11-8-. The van der Waals surface area contributed by atoms with Crippen LogP contribution in [0.1, 0.15) is 18.9 Å². The first-order valence-corrected chi connectivity index (χ1v) is 7.78. The molecule has 0 N–H and O–H groups in total. The highest BCUT2D eigenvalue weighted by Crippen LogP contribution is 2.31. The van der Waals surface area contributed by atoms with E-state index in [0.717, 1.165) is 22.1 Å². The molecular weight excluding hydrogens is 286 g/mol. The average Bonchev–Trinajstić information content (AvgIpc) is 2.68. The van der Waals surface area contributed by atoms with Crippen molar-refractivity contribution < 1.29 is 4.79 Å². The van der Waals surface area contributed by atoms with Crippen molar-refractivity contribution >= 4 is 50.7 Å². The third-order valence-electron chi connectivity index (χ3n) is 2.18. The molecule has 94 valence electrons. The van der Waals surface area contributed by atoms with Gasteiger partial charge in [-0.25, -0.2) is 4.99 Å². The highest BCUT2D eigenvalue weighted by Gasteiger charge is 2.21. The Hall–Kier alpha value is -0.710. The van der Waals surface area contributed by atoms with Crippen molar-refractivity contribution in [2.75, 3.05) is 5.75 Å². The van der Waals surface area contributed by atoms with Crippen LogP contribution in [0.25, 0.3) is 6.08 Å². The zero-order chi connectivity index (χ0) is 13.0. The van der Waals surface area contributed by atoms with Crippen LogP contribution in [0.15, 0.2) is 35.0 Å². The molecule has 2 nitrogen and oxygen atoms in total. The van der Waals surface area contributed by atoms with Gasteiger partial charge < -0.3 is 0 Å². The van der Waals surface area contributed by atoms with Gasteiger partial charge in [0.2, 0.25) is 5.12 Å². The Morgan fingerprint density at radius 2 is 2.33 bits per heavy atom. The summed E-state index contributed by atoms with van der Waals surface area (Å²) in [7, 11) is 0. The highest BCUT2D eigenvalue weighted by atomic mass is 35.5. The summed E-state index contributed by atoms with van der Waals surface area (Å²) in [4.78, 5) is 16.1. The second-order valence-corrected chi connectivity index (χ2v) is 6.44. The maximum absolute atomic E-state index is 11.8. The van der Waals surface area contributed by atoms with Crippen LogP contribution in [-0.2, 0) is 4.79 Å². The lowest BCUT2D eigenvalue weighted by Gasteiger charge is -1.94. The van der Waals surface area contributed by atoms with E-state index in [0.29, 0.717) is 10.7 Å². The Balaban J connectivity index is 2.17. The summed E-state index contributed by atoms with van der Waals surface area (Å²) < 4.78 is 0.843. The number of aliphatic imine (C=N–C) groups is 1. The topological polar surface area (TPSA) is 29.4 Å². The van der Waals surface area contributed by atoms with Crippen molar-refractivity contribution in [1.82, 2.24) is 0 Å². The van der Waals surface area contributed by atoms with E-state index in [1.807, 2.05) is 18.2 Å². The van der Waals surface area contributed by atoms with Gasteiger partial charge in [0.1, 0.15) is 10.1 Å².